The van der Waals surface area contributed by atoms with Crippen LogP contribution in [-0.2, 0) is 6.42 Å². The van der Waals surface area contributed by atoms with E-state index in [1.54, 1.807) is 25.2 Å². The van der Waals surface area contributed by atoms with Crippen LogP contribution in [0.5, 0.6) is 0 Å². The number of rotatable bonds is 3. The summed E-state index contributed by atoms with van der Waals surface area (Å²) < 4.78 is 39.0. The molecule has 0 unspecified atom stereocenters. The minimum absolute atomic E-state index is 0.0329. The molecule has 1 aliphatic heterocycles. The molecule has 0 aromatic carbocycles. The Labute approximate surface area is 132 Å². The van der Waals surface area contributed by atoms with Crippen LogP contribution in [0.4, 0.5) is 18.0 Å². The van der Waals surface area contributed by atoms with Crippen LogP contribution in [0.3, 0.4) is 0 Å². The number of halogens is 3. The lowest BCUT2D eigenvalue weighted by molar-refractivity contribution is -0.214. The van der Waals surface area contributed by atoms with Crippen LogP contribution in [0, 0.1) is 11.3 Å². The zero-order valence-electron chi connectivity index (χ0n) is 12.7. The van der Waals surface area contributed by atoms with E-state index in [9.17, 15) is 18.0 Å². The maximum atomic E-state index is 13.0. The van der Waals surface area contributed by atoms with Crippen LogP contribution in [0.1, 0.15) is 25.1 Å². The average Bonchev–Trinajstić information content (AvgIpc) is 2.88. The maximum Gasteiger partial charge on any atom is 0.392 e. The molecule has 1 aliphatic rings. The van der Waals surface area contributed by atoms with Gasteiger partial charge in [0, 0.05) is 24.5 Å². The number of hydrogen-bond acceptors (Lipinski definition) is 2. The fraction of sp³-hybridized carbons (Fsp3) is 0.667. The Morgan fingerprint density at radius 2 is 2.23 bits per heavy atom. The normalized spacial score (nSPS) is 21.7. The zero-order chi connectivity index (χ0) is 16.4. The van der Waals surface area contributed by atoms with Crippen molar-refractivity contribution in [1.29, 1.82) is 0 Å². The third-order valence-corrected chi connectivity index (χ3v) is 5.08. The van der Waals surface area contributed by atoms with Gasteiger partial charge in [0.15, 0.2) is 0 Å². The van der Waals surface area contributed by atoms with Crippen molar-refractivity contribution in [3.63, 3.8) is 0 Å². The monoisotopic (exact) mass is 334 g/mol. The van der Waals surface area contributed by atoms with Crippen LogP contribution in [0.2, 0.25) is 0 Å². The van der Waals surface area contributed by atoms with Crippen molar-refractivity contribution in [1.82, 2.24) is 10.2 Å². The van der Waals surface area contributed by atoms with Gasteiger partial charge in [0.25, 0.3) is 0 Å². The lowest BCUT2D eigenvalue weighted by Crippen LogP contribution is -2.54. The van der Waals surface area contributed by atoms with Crippen molar-refractivity contribution in [3.8, 4) is 0 Å². The molecule has 0 aliphatic carbocycles. The van der Waals surface area contributed by atoms with E-state index >= 15 is 0 Å². The van der Waals surface area contributed by atoms with E-state index in [0.717, 1.165) is 6.42 Å². The number of nitrogens with one attached hydrogen (secondary N) is 1. The van der Waals surface area contributed by atoms with Gasteiger partial charge in [-0.15, -0.1) is 11.3 Å². The number of amides is 2. The Balaban J connectivity index is 1.85. The van der Waals surface area contributed by atoms with Crippen molar-refractivity contribution in [3.05, 3.63) is 22.4 Å². The van der Waals surface area contributed by atoms with Crippen LogP contribution < -0.4 is 5.32 Å². The molecule has 2 rings (SSSR count). The summed E-state index contributed by atoms with van der Waals surface area (Å²) in [5.74, 6) is -1.35. The minimum atomic E-state index is -4.20. The van der Waals surface area contributed by atoms with Crippen molar-refractivity contribution < 1.29 is 18.0 Å². The average molecular weight is 334 g/mol. The number of likely N-dealkylation sites (tertiary alicyclic amines) is 1. The molecule has 22 heavy (non-hydrogen) atoms. The molecule has 1 N–H and O–H groups in total. The lowest BCUT2D eigenvalue weighted by Gasteiger charge is -2.44. The van der Waals surface area contributed by atoms with E-state index in [2.05, 4.69) is 5.32 Å². The van der Waals surface area contributed by atoms with E-state index in [0.29, 0.717) is 6.54 Å². The van der Waals surface area contributed by atoms with Crippen LogP contribution in [-0.4, -0.2) is 36.7 Å². The van der Waals surface area contributed by atoms with Crippen LogP contribution in [0.15, 0.2) is 17.5 Å². The Morgan fingerprint density at radius 3 is 2.77 bits per heavy atom. The molecule has 7 heteroatoms. The highest BCUT2D eigenvalue weighted by Gasteiger charge is 2.51. The summed E-state index contributed by atoms with van der Waals surface area (Å²) in [5.41, 5.74) is -0.957. The summed E-state index contributed by atoms with van der Waals surface area (Å²) in [6, 6.07) is 3.67. The van der Waals surface area contributed by atoms with Gasteiger partial charge in [-0.1, -0.05) is 19.9 Å². The van der Waals surface area contributed by atoms with E-state index in [4.69, 9.17) is 0 Å². The summed E-state index contributed by atoms with van der Waals surface area (Å²) in [7, 11) is 0. The van der Waals surface area contributed by atoms with Gasteiger partial charge in [0.2, 0.25) is 0 Å². The number of alkyl halides is 3. The number of hydrogen-bond donors (Lipinski definition) is 1. The molecule has 1 aromatic rings. The number of piperidine rings is 1. The molecule has 1 saturated heterocycles. The second-order valence-electron chi connectivity index (χ2n) is 6.35. The topological polar surface area (TPSA) is 32.3 Å². The maximum absolute atomic E-state index is 13.0. The first-order valence-corrected chi connectivity index (χ1v) is 8.20. The largest absolute Gasteiger partial charge is 0.392 e. The van der Waals surface area contributed by atoms with Gasteiger partial charge in [-0.3, -0.25) is 0 Å². The molecular formula is C15H21F3N2OS. The van der Waals surface area contributed by atoms with Crippen molar-refractivity contribution in [2.24, 2.45) is 11.3 Å². The molecule has 1 atom stereocenters. The highest BCUT2D eigenvalue weighted by Crippen LogP contribution is 2.44. The molecule has 2 amide bonds. The fourth-order valence-corrected chi connectivity index (χ4v) is 3.71. The molecule has 3 nitrogen and oxygen atoms in total. The lowest BCUT2D eigenvalue weighted by atomic mass is 9.73. The molecule has 2 heterocycles. The third-order valence-electron chi connectivity index (χ3n) is 4.14. The first-order valence-electron chi connectivity index (χ1n) is 7.32. The summed E-state index contributed by atoms with van der Waals surface area (Å²) in [5, 5.41) is 4.77. The SMILES string of the molecule is CC1(C)CN(C(=O)NCCc2cccs2)CC[C@H]1C(F)(F)F. The van der Waals surface area contributed by atoms with E-state index < -0.39 is 17.5 Å². The van der Waals surface area contributed by atoms with Crippen LogP contribution in [0.25, 0.3) is 0 Å². The predicted octanol–water partition coefficient (Wildman–Crippen LogP) is 3.91. The summed E-state index contributed by atoms with van der Waals surface area (Å²) in [4.78, 5) is 14.8. The van der Waals surface area contributed by atoms with Crippen molar-refractivity contribution in [2.75, 3.05) is 19.6 Å². The summed E-state index contributed by atoms with van der Waals surface area (Å²) in [6.45, 7) is 3.94. The molecule has 0 bridgehead atoms. The van der Waals surface area contributed by atoms with E-state index in [1.165, 1.54) is 9.78 Å². The van der Waals surface area contributed by atoms with Crippen molar-refractivity contribution >= 4 is 17.4 Å². The predicted molar refractivity (Wildman–Crippen MR) is 80.9 cm³/mol. The standard InChI is InChI=1S/C15H21F3N2OS/c1-14(2)10-20(8-6-12(14)15(16,17)18)13(21)19-7-5-11-4-3-9-22-11/h3-4,9,12H,5-8,10H2,1-2H3,(H,19,21)/t12-/m1/s1. The molecule has 1 fully saturated rings. The van der Waals surface area contributed by atoms with E-state index in [1.807, 2.05) is 17.5 Å². The molecule has 1 aromatic heterocycles. The van der Waals surface area contributed by atoms with Gasteiger partial charge in [-0.2, -0.15) is 13.2 Å². The van der Waals surface area contributed by atoms with Gasteiger partial charge < -0.3 is 10.2 Å². The quantitative estimate of drug-likeness (QED) is 0.893. The van der Waals surface area contributed by atoms with Gasteiger partial charge in [0.1, 0.15) is 0 Å². The first kappa shape index (κ1) is 17.1. The highest BCUT2D eigenvalue weighted by molar-refractivity contribution is 7.09. The number of urea groups is 1. The highest BCUT2D eigenvalue weighted by atomic mass is 32.1. The number of thiophene rings is 1. The fourth-order valence-electron chi connectivity index (χ4n) is 3.00. The van der Waals surface area contributed by atoms with Gasteiger partial charge in [-0.05, 0) is 29.7 Å². The molecule has 0 saturated carbocycles. The number of carbonyl (C=O) groups excluding carboxylic acids is 1. The Kier molecular flexibility index (Phi) is 5.04. The summed E-state index contributed by atoms with van der Waals surface area (Å²) >= 11 is 1.62. The molecular weight excluding hydrogens is 313 g/mol. The van der Waals surface area contributed by atoms with Crippen LogP contribution >= 0.6 is 11.3 Å². The number of nitrogens with zero attached hydrogens (tertiary/aromatic N) is 1. The molecule has 124 valence electrons. The van der Waals surface area contributed by atoms with E-state index in [-0.39, 0.29) is 25.5 Å². The third kappa shape index (κ3) is 4.15. The Bertz CT molecular complexity index is 499. The first-order chi connectivity index (χ1) is 10.2. The van der Waals surface area contributed by atoms with Gasteiger partial charge in [-0.25, -0.2) is 4.79 Å². The Hall–Kier alpha value is -1.24. The zero-order valence-corrected chi connectivity index (χ0v) is 13.6. The summed E-state index contributed by atoms with van der Waals surface area (Å²) in [6.07, 6.45) is -3.49. The number of carbonyl (C=O) groups is 1. The molecule has 0 spiro atoms. The molecule has 0 radical (unpaired) electrons. The van der Waals surface area contributed by atoms with Gasteiger partial charge >= 0.3 is 12.2 Å². The van der Waals surface area contributed by atoms with Gasteiger partial charge in [0.05, 0.1) is 5.92 Å². The second kappa shape index (κ2) is 6.48. The minimum Gasteiger partial charge on any atom is -0.338 e. The Morgan fingerprint density at radius 1 is 1.50 bits per heavy atom. The van der Waals surface area contributed by atoms with Crippen molar-refractivity contribution in [2.45, 2.75) is 32.9 Å². The smallest absolute Gasteiger partial charge is 0.338 e. The second-order valence-corrected chi connectivity index (χ2v) is 7.39.